The second-order valence-electron chi connectivity index (χ2n) is 13.5. The number of aryl methyl sites for hydroxylation is 2. The molecule has 3 saturated heterocycles. The van der Waals surface area contributed by atoms with Gasteiger partial charge in [0.2, 0.25) is 0 Å². The number of likely N-dealkylation sites (tertiary alicyclic amines) is 1. The Kier molecular flexibility index (Phi) is 6.55. The van der Waals surface area contributed by atoms with Crippen molar-refractivity contribution in [1.82, 2.24) is 34.4 Å². The Balaban J connectivity index is 1.05. The van der Waals surface area contributed by atoms with Crippen LogP contribution in [0.4, 0.5) is 21.4 Å². The van der Waals surface area contributed by atoms with Gasteiger partial charge in [0, 0.05) is 70.4 Å². The monoisotopic (exact) mass is 622 g/mol. The summed E-state index contributed by atoms with van der Waals surface area (Å²) in [5.74, 6) is 0.970. The van der Waals surface area contributed by atoms with Gasteiger partial charge in [-0.25, -0.2) is 19.4 Å². The van der Waals surface area contributed by atoms with Crippen molar-refractivity contribution >= 4 is 45.0 Å². The van der Waals surface area contributed by atoms with Gasteiger partial charge in [-0.15, -0.1) is 0 Å². The lowest BCUT2D eigenvalue weighted by molar-refractivity contribution is -0.00762. The third-order valence-electron chi connectivity index (χ3n) is 9.86. The van der Waals surface area contributed by atoms with Gasteiger partial charge in [0.15, 0.2) is 10.8 Å². The van der Waals surface area contributed by atoms with Crippen LogP contribution in [0.3, 0.4) is 0 Å². The van der Waals surface area contributed by atoms with Crippen LogP contribution in [0.2, 0.25) is 0 Å². The highest BCUT2D eigenvalue weighted by Gasteiger charge is 2.54. The van der Waals surface area contributed by atoms with E-state index in [1.807, 2.05) is 29.0 Å². The summed E-state index contributed by atoms with van der Waals surface area (Å²) in [5, 5.41) is 16.7. The Hall–Kier alpha value is -4.21. The molecule has 6 heterocycles. The second kappa shape index (κ2) is 10.4. The van der Waals surface area contributed by atoms with Crippen molar-refractivity contribution in [3.8, 4) is 17.3 Å². The highest BCUT2D eigenvalue weighted by Crippen LogP contribution is 2.47. The minimum atomic E-state index is 0.169. The topological polar surface area (TPSA) is 101 Å². The maximum absolute atomic E-state index is 13.1. The lowest BCUT2D eigenvalue weighted by Crippen LogP contribution is -2.74. The van der Waals surface area contributed by atoms with Crippen molar-refractivity contribution in [1.29, 1.82) is 5.26 Å². The van der Waals surface area contributed by atoms with Crippen LogP contribution in [-0.2, 0) is 0 Å². The molecule has 12 heteroatoms. The summed E-state index contributed by atoms with van der Waals surface area (Å²) in [7, 11) is 4.13. The summed E-state index contributed by atoms with van der Waals surface area (Å²) in [6.07, 6.45) is 2.18. The van der Waals surface area contributed by atoms with Crippen LogP contribution in [0.5, 0.6) is 0 Å². The highest BCUT2D eigenvalue weighted by molar-refractivity contribution is 7.16. The van der Waals surface area contributed by atoms with Crippen molar-refractivity contribution < 1.29 is 4.79 Å². The fourth-order valence-corrected chi connectivity index (χ4v) is 7.93. The van der Waals surface area contributed by atoms with Crippen molar-refractivity contribution in [2.24, 2.45) is 5.41 Å². The summed E-state index contributed by atoms with van der Waals surface area (Å²) in [6, 6.07) is 13.3. The molecule has 4 fully saturated rings. The molecule has 232 valence electrons. The lowest BCUT2D eigenvalue weighted by Gasteiger charge is -2.61. The first kappa shape index (κ1) is 28.3. The fraction of sp³-hybridized carbons (Fsp3) is 0.485. The van der Waals surface area contributed by atoms with E-state index in [9.17, 15) is 10.1 Å². The zero-order valence-corrected chi connectivity index (χ0v) is 27.1. The summed E-state index contributed by atoms with van der Waals surface area (Å²) in [6.45, 7) is 11.1. The number of hydrogen-bond donors (Lipinski definition) is 0. The van der Waals surface area contributed by atoms with Crippen LogP contribution in [-0.4, -0.2) is 107 Å². The smallest absolute Gasteiger partial charge is 0.320 e. The molecule has 0 N–H and O–H groups in total. The molecule has 4 aromatic rings. The summed E-state index contributed by atoms with van der Waals surface area (Å²) in [5.41, 5.74) is 5.84. The number of hydrogen-bond acceptors (Lipinski definition) is 9. The Morgan fingerprint density at radius 1 is 1.02 bits per heavy atom. The number of nitriles is 1. The van der Waals surface area contributed by atoms with Gasteiger partial charge in [0.1, 0.15) is 22.5 Å². The van der Waals surface area contributed by atoms with Gasteiger partial charge in [-0.2, -0.15) is 10.4 Å². The Morgan fingerprint density at radius 3 is 2.40 bits per heavy atom. The number of anilines is 3. The molecule has 1 spiro atoms. The molecule has 1 saturated carbocycles. The molecule has 0 unspecified atom stereocenters. The van der Waals surface area contributed by atoms with Gasteiger partial charge in [-0.05, 0) is 39.8 Å². The number of pyridine rings is 1. The third kappa shape index (κ3) is 4.80. The summed E-state index contributed by atoms with van der Waals surface area (Å²) in [4.78, 5) is 34.4. The minimum Gasteiger partial charge on any atom is -0.369 e. The number of carbonyl (C=O) groups excluding carboxylic acids is 1. The van der Waals surface area contributed by atoms with Crippen LogP contribution in [0.15, 0.2) is 30.3 Å². The Labute approximate surface area is 267 Å². The van der Waals surface area contributed by atoms with Crippen LogP contribution in [0.25, 0.3) is 22.3 Å². The van der Waals surface area contributed by atoms with Crippen molar-refractivity contribution in [3.63, 3.8) is 0 Å². The maximum Gasteiger partial charge on any atom is 0.320 e. The van der Waals surface area contributed by atoms with E-state index in [1.165, 1.54) is 16.9 Å². The Morgan fingerprint density at radius 2 is 1.73 bits per heavy atom. The minimum absolute atomic E-state index is 0.169. The molecule has 1 aliphatic carbocycles. The predicted octanol–water partition coefficient (Wildman–Crippen LogP) is 4.64. The van der Waals surface area contributed by atoms with Crippen molar-refractivity contribution in [3.05, 3.63) is 46.5 Å². The zero-order valence-electron chi connectivity index (χ0n) is 26.3. The fourth-order valence-electron chi connectivity index (χ4n) is 7.08. The van der Waals surface area contributed by atoms with Gasteiger partial charge in [-0.1, -0.05) is 41.2 Å². The van der Waals surface area contributed by atoms with Crippen LogP contribution in [0, 0.1) is 30.6 Å². The molecule has 1 aromatic carbocycles. The number of aromatic nitrogens is 4. The van der Waals surface area contributed by atoms with E-state index in [4.69, 9.17) is 15.1 Å². The largest absolute Gasteiger partial charge is 0.369 e. The highest BCUT2D eigenvalue weighted by atomic mass is 32.1. The normalized spacial score (nSPS) is 19.5. The number of fused-ring (bicyclic) bond motifs is 1. The number of benzene rings is 1. The number of thiazole rings is 1. The first-order valence-corrected chi connectivity index (χ1v) is 16.6. The van der Waals surface area contributed by atoms with Crippen molar-refractivity contribution in [2.45, 2.75) is 32.7 Å². The van der Waals surface area contributed by atoms with Gasteiger partial charge in [0.05, 0.1) is 22.8 Å². The van der Waals surface area contributed by atoms with E-state index in [-0.39, 0.29) is 11.4 Å². The average molecular weight is 623 g/mol. The van der Waals surface area contributed by atoms with Gasteiger partial charge in [0.25, 0.3) is 0 Å². The van der Waals surface area contributed by atoms with E-state index in [1.54, 1.807) is 0 Å². The van der Waals surface area contributed by atoms with E-state index in [0.29, 0.717) is 16.6 Å². The van der Waals surface area contributed by atoms with Crippen molar-refractivity contribution in [2.75, 3.05) is 76.3 Å². The molecule has 45 heavy (non-hydrogen) atoms. The maximum atomic E-state index is 13.1. The van der Waals surface area contributed by atoms with Crippen LogP contribution >= 0.6 is 11.3 Å². The molecular formula is C33H38N10OS. The average Bonchev–Trinajstić information content (AvgIpc) is 3.64. The molecule has 0 radical (unpaired) electrons. The number of rotatable bonds is 5. The SMILES string of the molecule is Cc1ccc(-c2nc(N(C)c3c4cc(N5CC6(CN(C(=O)N7CCN(C)CC7)C6)C5)c(C)nc4nn3C3CC3)sc2C#N)cc1. The Bertz CT molecular complexity index is 1830. The van der Waals surface area contributed by atoms with E-state index >= 15 is 0 Å². The third-order valence-corrected chi connectivity index (χ3v) is 10.9. The molecule has 8 rings (SSSR count). The molecule has 3 aliphatic heterocycles. The lowest BCUT2D eigenvalue weighted by atomic mass is 9.72. The molecule has 2 amide bonds. The van der Waals surface area contributed by atoms with Crippen LogP contribution in [0.1, 0.15) is 35.0 Å². The quantitative estimate of drug-likeness (QED) is 0.318. The molecular weight excluding hydrogens is 584 g/mol. The number of carbonyl (C=O) groups is 1. The molecule has 3 aromatic heterocycles. The number of amides is 2. The molecule has 4 aliphatic rings. The predicted molar refractivity (Wildman–Crippen MR) is 176 cm³/mol. The second-order valence-corrected chi connectivity index (χ2v) is 14.4. The van der Waals surface area contributed by atoms with E-state index in [0.717, 1.165) is 104 Å². The number of nitrogens with zero attached hydrogens (tertiary/aromatic N) is 10. The zero-order chi connectivity index (χ0) is 31.0. The van der Waals surface area contributed by atoms with Crippen LogP contribution < -0.4 is 9.80 Å². The number of piperazine rings is 1. The summed E-state index contributed by atoms with van der Waals surface area (Å²) < 4.78 is 2.12. The summed E-state index contributed by atoms with van der Waals surface area (Å²) >= 11 is 1.41. The van der Waals surface area contributed by atoms with Gasteiger partial charge < -0.3 is 24.5 Å². The standard InChI is InChI=1S/C33H38N10OS/c1-21-5-7-23(8-6-21)28-27(16-34)45-31(36-28)39(4)30-25-15-26(22(2)35-29(25)37-43(30)24-9-10-24)41-17-33(18-41)19-42(20-33)32(44)40-13-11-38(3)12-14-40/h5-8,15,24H,9-14,17-20H2,1-4H3. The molecule has 11 nitrogen and oxygen atoms in total. The van der Waals surface area contributed by atoms with Gasteiger partial charge in [-0.3, -0.25) is 0 Å². The van der Waals surface area contributed by atoms with E-state index in [2.05, 4.69) is 64.5 Å². The van der Waals surface area contributed by atoms with Gasteiger partial charge >= 0.3 is 6.03 Å². The first-order valence-electron chi connectivity index (χ1n) is 15.8. The number of urea groups is 1. The molecule has 0 atom stereocenters. The first-order chi connectivity index (χ1) is 21.7. The number of likely N-dealkylation sites (N-methyl/N-ethyl adjacent to an activating group) is 1. The van der Waals surface area contributed by atoms with E-state index < -0.39 is 0 Å². The molecule has 0 bridgehead atoms.